The van der Waals surface area contributed by atoms with E-state index in [9.17, 15) is 9.59 Å². The summed E-state index contributed by atoms with van der Waals surface area (Å²) >= 11 is 0. The van der Waals surface area contributed by atoms with Gasteiger partial charge in [0.15, 0.2) is 0 Å². The van der Waals surface area contributed by atoms with Crippen molar-refractivity contribution in [3.05, 3.63) is 29.8 Å². The quantitative estimate of drug-likeness (QED) is 0.449. The lowest BCUT2D eigenvalue weighted by molar-refractivity contribution is -0.453. The first-order valence-corrected chi connectivity index (χ1v) is 7.68. The summed E-state index contributed by atoms with van der Waals surface area (Å²) in [5.74, 6) is -0.157. The van der Waals surface area contributed by atoms with Crippen molar-refractivity contribution in [1.82, 2.24) is 0 Å². The van der Waals surface area contributed by atoms with Crippen molar-refractivity contribution in [3.8, 4) is 5.75 Å². The molecule has 0 unspecified atom stereocenters. The van der Waals surface area contributed by atoms with E-state index >= 15 is 0 Å². The summed E-state index contributed by atoms with van der Waals surface area (Å²) in [5.41, 5.74) is 0.234. The Hall–Kier alpha value is -2.28. The maximum absolute atomic E-state index is 11.7. The first kappa shape index (κ1) is 17.1. The predicted molar refractivity (Wildman–Crippen MR) is 78.6 cm³/mol. The number of benzene rings is 1. The molecule has 7 nitrogen and oxygen atoms in total. The fraction of sp³-hybridized carbons (Fsp3) is 0.500. The number of carbonyl (C=O) groups is 2. The van der Waals surface area contributed by atoms with Crippen molar-refractivity contribution in [1.29, 1.82) is 0 Å². The van der Waals surface area contributed by atoms with Gasteiger partial charge in [0.25, 0.3) is 0 Å². The molecule has 2 rings (SSSR count). The molecule has 0 saturated heterocycles. The number of carbonyl (C=O) groups excluding carboxylic acids is 2. The van der Waals surface area contributed by atoms with Crippen molar-refractivity contribution in [2.24, 2.45) is 0 Å². The van der Waals surface area contributed by atoms with Gasteiger partial charge in [0.2, 0.25) is 0 Å². The zero-order chi connectivity index (χ0) is 16.5. The van der Waals surface area contributed by atoms with Crippen LogP contribution in [-0.4, -0.2) is 24.8 Å². The van der Waals surface area contributed by atoms with Gasteiger partial charge in [-0.05, 0) is 56.9 Å². The molecule has 7 heteroatoms. The Labute approximate surface area is 134 Å². The number of rotatable bonds is 6. The molecule has 0 atom stereocenters. The Morgan fingerprint density at radius 1 is 1.04 bits per heavy atom. The number of hydrogen-bond donors (Lipinski definition) is 0. The standard InChI is InChI=1S/C16H20O7/c1-2-19-13-10-8-12(9-11-13)15(17)21-23-22-16(18)20-14-6-4-3-5-7-14/h8-11,14H,2-7H2,1H3. The van der Waals surface area contributed by atoms with Gasteiger partial charge in [-0.15, -0.1) is 0 Å². The normalized spacial score (nSPS) is 14.8. The smallest absolute Gasteiger partial charge is 0.494 e. The molecule has 1 aromatic rings. The average Bonchev–Trinajstić information content (AvgIpc) is 2.56. The van der Waals surface area contributed by atoms with Crippen LogP contribution in [0.2, 0.25) is 0 Å². The monoisotopic (exact) mass is 324 g/mol. The largest absolute Gasteiger partial charge is 0.543 e. The highest BCUT2D eigenvalue weighted by Gasteiger charge is 2.20. The van der Waals surface area contributed by atoms with E-state index in [4.69, 9.17) is 9.47 Å². The Morgan fingerprint density at radius 3 is 2.39 bits per heavy atom. The summed E-state index contributed by atoms with van der Waals surface area (Å²) in [6.45, 7) is 2.39. The first-order chi connectivity index (χ1) is 11.2. The van der Waals surface area contributed by atoms with Gasteiger partial charge in [-0.1, -0.05) is 6.42 Å². The third-order valence-electron chi connectivity index (χ3n) is 3.43. The lowest BCUT2D eigenvalue weighted by Gasteiger charge is -2.20. The van der Waals surface area contributed by atoms with Crippen LogP contribution >= 0.6 is 0 Å². The molecular weight excluding hydrogens is 304 g/mol. The zero-order valence-electron chi connectivity index (χ0n) is 13.0. The molecule has 126 valence electrons. The van der Waals surface area contributed by atoms with E-state index in [0.717, 1.165) is 32.1 Å². The van der Waals surface area contributed by atoms with E-state index in [0.29, 0.717) is 12.4 Å². The average molecular weight is 324 g/mol. The molecule has 0 radical (unpaired) electrons. The second-order valence-corrected chi connectivity index (χ2v) is 5.11. The van der Waals surface area contributed by atoms with E-state index in [2.05, 4.69) is 14.8 Å². The van der Waals surface area contributed by atoms with Crippen molar-refractivity contribution >= 4 is 12.1 Å². The molecule has 0 heterocycles. The van der Waals surface area contributed by atoms with Crippen molar-refractivity contribution in [3.63, 3.8) is 0 Å². The van der Waals surface area contributed by atoms with Crippen molar-refractivity contribution in [2.75, 3.05) is 6.61 Å². The van der Waals surface area contributed by atoms with Gasteiger partial charge >= 0.3 is 12.1 Å². The lowest BCUT2D eigenvalue weighted by atomic mass is 9.98. The fourth-order valence-electron chi connectivity index (χ4n) is 2.32. The molecule has 0 N–H and O–H groups in total. The van der Waals surface area contributed by atoms with Crippen LogP contribution in [0.5, 0.6) is 5.75 Å². The van der Waals surface area contributed by atoms with Crippen LogP contribution in [0.25, 0.3) is 0 Å². The molecule has 0 bridgehead atoms. The van der Waals surface area contributed by atoms with Crippen LogP contribution in [-0.2, 0) is 19.6 Å². The Bertz CT molecular complexity index is 506. The van der Waals surface area contributed by atoms with E-state index in [1.165, 1.54) is 12.1 Å². The van der Waals surface area contributed by atoms with Gasteiger partial charge in [0.1, 0.15) is 11.9 Å². The summed E-state index contributed by atoms with van der Waals surface area (Å²) < 4.78 is 10.3. The maximum atomic E-state index is 11.7. The first-order valence-electron chi connectivity index (χ1n) is 7.68. The molecule has 1 saturated carbocycles. The molecule has 0 aliphatic heterocycles. The predicted octanol–water partition coefficient (Wildman–Crippen LogP) is 3.57. The second kappa shape index (κ2) is 8.99. The lowest BCUT2D eigenvalue weighted by Crippen LogP contribution is -2.22. The minimum Gasteiger partial charge on any atom is -0.494 e. The molecular formula is C16H20O7. The molecule has 0 amide bonds. The van der Waals surface area contributed by atoms with Gasteiger partial charge < -0.3 is 9.47 Å². The van der Waals surface area contributed by atoms with E-state index in [-0.39, 0.29) is 11.7 Å². The van der Waals surface area contributed by atoms with Gasteiger partial charge in [-0.25, -0.2) is 14.5 Å². The topological polar surface area (TPSA) is 80.3 Å². The maximum Gasteiger partial charge on any atom is 0.543 e. The number of hydrogen-bond acceptors (Lipinski definition) is 7. The molecule has 0 spiro atoms. The summed E-state index contributed by atoms with van der Waals surface area (Å²) in [6, 6.07) is 6.27. The van der Waals surface area contributed by atoms with Crippen molar-refractivity contribution < 1.29 is 33.9 Å². The van der Waals surface area contributed by atoms with Crippen LogP contribution in [0.3, 0.4) is 0 Å². The van der Waals surface area contributed by atoms with Crippen LogP contribution in [0.4, 0.5) is 4.79 Å². The molecule has 1 aromatic carbocycles. The van der Waals surface area contributed by atoms with Gasteiger partial charge in [-0.2, -0.15) is 0 Å². The third-order valence-corrected chi connectivity index (χ3v) is 3.43. The summed E-state index contributed by atoms with van der Waals surface area (Å²) in [7, 11) is 0. The van der Waals surface area contributed by atoms with Crippen LogP contribution in [0.15, 0.2) is 24.3 Å². The third kappa shape index (κ3) is 5.78. The Kier molecular flexibility index (Phi) is 6.68. The second-order valence-electron chi connectivity index (χ2n) is 5.11. The zero-order valence-corrected chi connectivity index (χ0v) is 13.0. The highest BCUT2D eigenvalue weighted by atomic mass is 17.5. The Balaban J connectivity index is 1.68. The highest BCUT2D eigenvalue weighted by Crippen LogP contribution is 2.20. The SMILES string of the molecule is CCOc1ccc(C(=O)OOOC(=O)OC2CCCCC2)cc1. The van der Waals surface area contributed by atoms with E-state index < -0.39 is 12.1 Å². The molecule has 23 heavy (non-hydrogen) atoms. The highest BCUT2D eigenvalue weighted by molar-refractivity contribution is 5.89. The Morgan fingerprint density at radius 2 is 1.74 bits per heavy atom. The van der Waals surface area contributed by atoms with Crippen LogP contribution in [0.1, 0.15) is 49.4 Å². The van der Waals surface area contributed by atoms with E-state index in [1.807, 2.05) is 6.92 Å². The fourth-order valence-corrected chi connectivity index (χ4v) is 2.32. The van der Waals surface area contributed by atoms with Gasteiger partial charge in [0, 0.05) is 0 Å². The molecule has 0 aromatic heterocycles. The minimum absolute atomic E-state index is 0.165. The van der Waals surface area contributed by atoms with Crippen LogP contribution < -0.4 is 4.74 Å². The minimum atomic E-state index is -1.02. The molecule has 1 fully saturated rings. The summed E-state index contributed by atoms with van der Waals surface area (Å²) in [4.78, 5) is 31.7. The summed E-state index contributed by atoms with van der Waals surface area (Å²) in [5, 5.41) is 4.18. The summed E-state index contributed by atoms with van der Waals surface area (Å²) in [6.07, 6.45) is 3.61. The van der Waals surface area contributed by atoms with E-state index in [1.54, 1.807) is 12.1 Å². The van der Waals surface area contributed by atoms with Gasteiger partial charge in [-0.3, -0.25) is 4.89 Å². The molecule has 1 aliphatic rings. The van der Waals surface area contributed by atoms with Gasteiger partial charge in [0.05, 0.1) is 17.2 Å². The van der Waals surface area contributed by atoms with Crippen LogP contribution in [0, 0.1) is 0 Å². The molecule has 1 aliphatic carbocycles. The van der Waals surface area contributed by atoms with Crippen molar-refractivity contribution in [2.45, 2.75) is 45.1 Å². The number of ether oxygens (including phenoxy) is 2.